The highest BCUT2D eigenvalue weighted by molar-refractivity contribution is 5.80. The maximum absolute atomic E-state index is 11.0. The summed E-state index contributed by atoms with van der Waals surface area (Å²) >= 11 is 0. The minimum absolute atomic E-state index is 0.189. The van der Waals surface area contributed by atoms with Crippen molar-refractivity contribution >= 4 is 5.91 Å². The second kappa shape index (κ2) is 4.25. The third-order valence-electron chi connectivity index (χ3n) is 3.46. The van der Waals surface area contributed by atoms with Crippen LogP contribution in [0.3, 0.4) is 0 Å². The van der Waals surface area contributed by atoms with Gasteiger partial charge < -0.3 is 11.5 Å². The molecule has 2 rings (SSSR count). The molecule has 2 unspecified atom stereocenters. The molecular weight excluding hydrogens is 204 g/mol. The maximum atomic E-state index is 11.0. The number of carbonyl (C=O) groups excluding carboxylic acids is 1. The number of nitrogens with two attached hydrogens (primary N) is 2. The zero-order valence-corrected chi connectivity index (χ0v) is 9.47. The molecule has 0 spiro atoms. The van der Waals surface area contributed by atoms with Crippen LogP contribution in [-0.4, -0.2) is 21.7 Å². The van der Waals surface area contributed by atoms with Crippen LogP contribution in [-0.2, 0) is 4.79 Å². The molecular formula is C11H18N4O. The van der Waals surface area contributed by atoms with E-state index in [1.165, 1.54) is 24.8 Å². The summed E-state index contributed by atoms with van der Waals surface area (Å²) < 4.78 is 1.74. The van der Waals surface area contributed by atoms with Crippen molar-refractivity contribution < 1.29 is 4.79 Å². The minimum Gasteiger partial charge on any atom is -0.368 e. The van der Waals surface area contributed by atoms with E-state index in [0.717, 1.165) is 0 Å². The smallest absolute Gasteiger partial charge is 0.236 e. The van der Waals surface area contributed by atoms with Crippen LogP contribution in [0.4, 0.5) is 0 Å². The van der Waals surface area contributed by atoms with Gasteiger partial charge in [-0.15, -0.1) is 0 Å². The Labute approximate surface area is 94.8 Å². The summed E-state index contributed by atoms with van der Waals surface area (Å²) in [7, 11) is 0. The molecule has 2 atom stereocenters. The Morgan fingerprint density at radius 1 is 1.62 bits per heavy atom. The van der Waals surface area contributed by atoms with Crippen molar-refractivity contribution in [2.75, 3.05) is 0 Å². The number of hydrogen-bond donors (Lipinski definition) is 2. The van der Waals surface area contributed by atoms with E-state index >= 15 is 0 Å². The Kier molecular flexibility index (Phi) is 2.96. The lowest BCUT2D eigenvalue weighted by molar-refractivity contribution is -0.120. The monoisotopic (exact) mass is 222 g/mol. The fourth-order valence-corrected chi connectivity index (χ4v) is 1.93. The van der Waals surface area contributed by atoms with Crippen molar-refractivity contribution in [1.29, 1.82) is 0 Å². The van der Waals surface area contributed by atoms with Crippen molar-refractivity contribution in [2.24, 2.45) is 11.5 Å². The molecule has 5 heteroatoms. The SMILES string of the molecule is CC(C(N)C(N)=O)n1cc(C2CCC2)cn1. The van der Waals surface area contributed by atoms with Crippen LogP contribution in [0.1, 0.15) is 43.7 Å². The lowest BCUT2D eigenvalue weighted by Crippen LogP contribution is -2.42. The molecule has 0 aromatic carbocycles. The summed E-state index contributed by atoms with van der Waals surface area (Å²) in [5.74, 6) is 0.152. The van der Waals surface area contributed by atoms with Gasteiger partial charge >= 0.3 is 0 Å². The average molecular weight is 222 g/mol. The normalized spacial score (nSPS) is 20.1. The molecule has 1 heterocycles. The molecule has 1 aromatic heterocycles. The van der Waals surface area contributed by atoms with Crippen LogP contribution < -0.4 is 11.5 Å². The van der Waals surface area contributed by atoms with E-state index < -0.39 is 11.9 Å². The van der Waals surface area contributed by atoms with Gasteiger partial charge in [-0.3, -0.25) is 9.48 Å². The molecule has 88 valence electrons. The summed E-state index contributed by atoms with van der Waals surface area (Å²) in [5, 5.41) is 4.25. The van der Waals surface area contributed by atoms with E-state index in [1.54, 1.807) is 4.68 Å². The summed E-state index contributed by atoms with van der Waals surface area (Å²) in [6, 6.07) is -0.875. The van der Waals surface area contributed by atoms with Gasteiger partial charge in [0.15, 0.2) is 0 Å². The predicted molar refractivity (Wildman–Crippen MR) is 60.7 cm³/mol. The number of nitrogens with zero attached hydrogens (tertiary/aromatic N) is 2. The van der Waals surface area contributed by atoms with Crippen molar-refractivity contribution in [1.82, 2.24) is 9.78 Å². The zero-order valence-electron chi connectivity index (χ0n) is 9.47. The van der Waals surface area contributed by atoms with Gasteiger partial charge in [0.05, 0.1) is 12.2 Å². The van der Waals surface area contributed by atoms with E-state index in [-0.39, 0.29) is 6.04 Å². The Morgan fingerprint density at radius 3 is 2.81 bits per heavy atom. The van der Waals surface area contributed by atoms with Crippen molar-refractivity contribution in [3.05, 3.63) is 18.0 Å². The molecule has 0 aliphatic heterocycles. The highest BCUT2D eigenvalue weighted by atomic mass is 16.1. The second-order valence-electron chi connectivity index (χ2n) is 4.55. The number of primary amides is 1. The molecule has 0 bridgehead atoms. The molecule has 1 aliphatic rings. The van der Waals surface area contributed by atoms with Crippen LogP contribution in [0, 0.1) is 0 Å². The molecule has 0 saturated heterocycles. The van der Waals surface area contributed by atoms with E-state index in [0.29, 0.717) is 5.92 Å². The molecule has 0 radical (unpaired) electrons. The molecule has 1 fully saturated rings. The van der Waals surface area contributed by atoms with E-state index in [1.807, 2.05) is 19.3 Å². The Bertz CT molecular complexity index is 383. The van der Waals surface area contributed by atoms with Gasteiger partial charge in [0, 0.05) is 6.20 Å². The number of rotatable bonds is 4. The fraction of sp³-hybridized carbons (Fsp3) is 0.636. The van der Waals surface area contributed by atoms with Gasteiger partial charge in [0.25, 0.3) is 0 Å². The zero-order chi connectivity index (χ0) is 11.7. The second-order valence-corrected chi connectivity index (χ2v) is 4.55. The van der Waals surface area contributed by atoms with Crippen molar-refractivity contribution in [3.8, 4) is 0 Å². The number of aromatic nitrogens is 2. The average Bonchev–Trinajstić information content (AvgIpc) is 2.61. The molecule has 1 amide bonds. The first-order valence-electron chi connectivity index (χ1n) is 5.68. The van der Waals surface area contributed by atoms with Crippen LogP contribution >= 0.6 is 0 Å². The molecule has 1 aliphatic carbocycles. The van der Waals surface area contributed by atoms with Crippen LogP contribution in [0.5, 0.6) is 0 Å². The quantitative estimate of drug-likeness (QED) is 0.778. The Hall–Kier alpha value is -1.36. The summed E-state index contributed by atoms with van der Waals surface area (Å²) in [5.41, 5.74) is 12.1. The highest BCUT2D eigenvalue weighted by Gasteiger charge is 2.24. The minimum atomic E-state index is -0.686. The first kappa shape index (κ1) is 11.1. The van der Waals surface area contributed by atoms with Gasteiger partial charge in [0.1, 0.15) is 6.04 Å². The fourth-order valence-electron chi connectivity index (χ4n) is 1.93. The maximum Gasteiger partial charge on any atom is 0.236 e. The standard InChI is InChI=1S/C11H18N4O/c1-7(10(12)11(13)16)15-6-9(5-14-15)8-3-2-4-8/h5-8,10H,2-4,12H2,1H3,(H2,13,16). The lowest BCUT2D eigenvalue weighted by Gasteiger charge is -2.24. The Balaban J connectivity index is 2.08. The van der Waals surface area contributed by atoms with E-state index in [2.05, 4.69) is 5.10 Å². The van der Waals surface area contributed by atoms with Gasteiger partial charge in [-0.05, 0) is 31.2 Å². The van der Waals surface area contributed by atoms with E-state index in [9.17, 15) is 4.79 Å². The molecule has 1 aromatic rings. The van der Waals surface area contributed by atoms with Gasteiger partial charge in [-0.1, -0.05) is 6.42 Å². The van der Waals surface area contributed by atoms with Gasteiger partial charge in [-0.2, -0.15) is 5.10 Å². The van der Waals surface area contributed by atoms with E-state index in [4.69, 9.17) is 11.5 Å². The largest absolute Gasteiger partial charge is 0.368 e. The van der Waals surface area contributed by atoms with Crippen molar-refractivity contribution in [3.63, 3.8) is 0 Å². The topological polar surface area (TPSA) is 86.9 Å². The van der Waals surface area contributed by atoms with Crippen LogP contribution in [0.15, 0.2) is 12.4 Å². The Morgan fingerprint density at radius 2 is 2.31 bits per heavy atom. The molecule has 4 N–H and O–H groups in total. The summed E-state index contributed by atoms with van der Waals surface area (Å²) in [4.78, 5) is 11.0. The third-order valence-corrected chi connectivity index (χ3v) is 3.46. The first-order chi connectivity index (χ1) is 7.59. The molecule has 16 heavy (non-hydrogen) atoms. The van der Waals surface area contributed by atoms with Crippen LogP contribution in [0.2, 0.25) is 0 Å². The molecule has 1 saturated carbocycles. The number of amides is 1. The third kappa shape index (κ3) is 1.95. The summed E-state index contributed by atoms with van der Waals surface area (Å²) in [6.45, 7) is 1.85. The van der Waals surface area contributed by atoms with Crippen LogP contribution in [0.25, 0.3) is 0 Å². The molecule has 5 nitrogen and oxygen atoms in total. The lowest BCUT2D eigenvalue weighted by atomic mass is 9.81. The van der Waals surface area contributed by atoms with Gasteiger partial charge in [-0.25, -0.2) is 0 Å². The van der Waals surface area contributed by atoms with Crippen molar-refractivity contribution in [2.45, 2.75) is 44.2 Å². The predicted octanol–water partition coefficient (Wildman–Crippen LogP) is 0.524. The highest BCUT2D eigenvalue weighted by Crippen LogP contribution is 2.36. The number of hydrogen-bond acceptors (Lipinski definition) is 3. The number of carbonyl (C=O) groups is 1. The summed E-state index contributed by atoms with van der Waals surface area (Å²) in [6.07, 6.45) is 7.63. The van der Waals surface area contributed by atoms with Gasteiger partial charge in [0.2, 0.25) is 5.91 Å². The first-order valence-corrected chi connectivity index (χ1v) is 5.68.